The maximum Gasteiger partial charge on any atom is 0.192 e. The summed E-state index contributed by atoms with van der Waals surface area (Å²) in [5, 5.41) is 2.96. The van der Waals surface area contributed by atoms with Crippen LogP contribution in [0, 0.1) is 0 Å². The molecule has 3 heteroatoms. The van der Waals surface area contributed by atoms with Gasteiger partial charge < -0.3 is 4.43 Å². The molecular formula is C18H38OSi2. The average Bonchev–Trinajstić information content (AvgIpc) is 2.89. The topological polar surface area (TPSA) is 9.23 Å². The molecule has 0 radical (unpaired) electrons. The van der Waals surface area contributed by atoms with Gasteiger partial charge in [-0.15, -0.1) is 0 Å². The minimum atomic E-state index is -1.61. The molecule has 0 saturated carbocycles. The summed E-state index contributed by atoms with van der Waals surface area (Å²) in [4.78, 5) is 0. The van der Waals surface area contributed by atoms with Crippen molar-refractivity contribution >= 4 is 16.4 Å². The zero-order valence-electron chi connectivity index (χ0n) is 16.4. The molecule has 1 saturated heterocycles. The standard InChI is InChI=1S/C18H38OSi2/c1-16(2,3)20(10,11)19-13-12-15-14-21(15,17(4,5)6)18(7,8)9/h12H,13-14H2,1-11H3/b15-12+. The molecule has 21 heavy (non-hydrogen) atoms. The van der Waals surface area contributed by atoms with Gasteiger partial charge in [0.15, 0.2) is 8.32 Å². The molecule has 1 nitrogen and oxygen atoms in total. The zero-order valence-corrected chi connectivity index (χ0v) is 18.4. The molecule has 0 aromatic rings. The van der Waals surface area contributed by atoms with Crippen molar-refractivity contribution < 1.29 is 4.43 Å². The molecule has 1 rings (SSSR count). The van der Waals surface area contributed by atoms with Crippen molar-refractivity contribution in [2.45, 2.75) is 96.6 Å². The number of hydrogen-bond acceptors (Lipinski definition) is 1. The molecule has 0 amide bonds. The van der Waals surface area contributed by atoms with Gasteiger partial charge >= 0.3 is 0 Å². The van der Waals surface area contributed by atoms with Gasteiger partial charge in [0.25, 0.3) is 0 Å². The molecule has 1 aliphatic rings. The average molecular weight is 327 g/mol. The van der Waals surface area contributed by atoms with E-state index in [1.54, 1.807) is 5.20 Å². The highest BCUT2D eigenvalue weighted by molar-refractivity contribution is 7.02. The highest BCUT2D eigenvalue weighted by Crippen LogP contribution is 2.68. The third kappa shape index (κ3) is 3.56. The summed E-state index contributed by atoms with van der Waals surface area (Å²) in [6.07, 6.45) is 2.45. The first-order valence-corrected chi connectivity index (χ1v) is 13.5. The van der Waals surface area contributed by atoms with Crippen LogP contribution in [0.2, 0.25) is 34.3 Å². The fraction of sp³-hybridized carbons (Fsp3) is 0.889. The Morgan fingerprint density at radius 2 is 1.38 bits per heavy atom. The second-order valence-corrected chi connectivity index (χ2v) is 21.0. The zero-order chi connectivity index (χ0) is 16.9. The van der Waals surface area contributed by atoms with E-state index in [0.717, 1.165) is 6.61 Å². The van der Waals surface area contributed by atoms with Crippen molar-refractivity contribution in [3.63, 3.8) is 0 Å². The van der Waals surface area contributed by atoms with E-state index >= 15 is 0 Å². The van der Waals surface area contributed by atoms with E-state index in [-0.39, 0.29) is 0 Å². The fourth-order valence-corrected chi connectivity index (χ4v) is 11.4. The number of allylic oxidation sites excluding steroid dienone is 1. The summed E-state index contributed by atoms with van der Waals surface area (Å²) in [6, 6.07) is 1.38. The fourth-order valence-electron chi connectivity index (χ4n) is 3.67. The van der Waals surface area contributed by atoms with Crippen LogP contribution in [-0.4, -0.2) is 23.0 Å². The van der Waals surface area contributed by atoms with Crippen LogP contribution in [-0.2, 0) is 4.43 Å². The third-order valence-corrected chi connectivity index (χ3v) is 17.6. The molecule has 1 heterocycles. The highest BCUT2D eigenvalue weighted by Gasteiger charge is 2.64. The van der Waals surface area contributed by atoms with Gasteiger partial charge in [0.1, 0.15) is 0 Å². The van der Waals surface area contributed by atoms with Crippen molar-refractivity contribution in [2.24, 2.45) is 0 Å². The van der Waals surface area contributed by atoms with Crippen molar-refractivity contribution in [3.05, 3.63) is 11.3 Å². The quantitative estimate of drug-likeness (QED) is 0.535. The van der Waals surface area contributed by atoms with Crippen LogP contribution in [0.15, 0.2) is 11.3 Å². The summed E-state index contributed by atoms with van der Waals surface area (Å²) in [6.45, 7) is 27.1. The minimum Gasteiger partial charge on any atom is -0.413 e. The molecule has 124 valence electrons. The van der Waals surface area contributed by atoms with Crippen LogP contribution < -0.4 is 0 Å². The lowest BCUT2D eigenvalue weighted by atomic mass is 10.2. The Bertz CT molecular complexity index is 400. The predicted octanol–water partition coefficient (Wildman–Crippen LogP) is 6.54. The van der Waals surface area contributed by atoms with Crippen LogP contribution >= 0.6 is 0 Å². The molecule has 0 aromatic carbocycles. The van der Waals surface area contributed by atoms with Gasteiger partial charge in [-0.25, -0.2) is 0 Å². The third-order valence-electron chi connectivity index (χ3n) is 6.02. The highest BCUT2D eigenvalue weighted by atomic mass is 28.4. The van der Waals surface area contributed by atoms with Crippen LogP contribution in [0.1, 0.15) is 62.3 Å². The van der Waals surface area contributed by atoms with Crippen LogP contribution in [0.3, 0.4) is 0 Å². The Kier molecular flexibility index (Phi) is 4.88. The maximum atomic E-state index is 6.35. The smallest absolute Gasteiger partial charge is 0.192 e. The minimum absolute atomic E-state index is 0.303. The van der Waals surface area contributed by atoms with Crippen LogP contribution in [0.5, 0.6) is 0 Å². The maximum absolute atomic E-state index is 6.35. The summed E-state index contributed by atoms with van der Waals surface area (Å²) >= 11 is 0. The van der Waals surface area contributed by atoms with Gasteiger partial charge in [-0.1, -0.05) is 73.6 Å². The SMILES string of the molecule is CC(C)(C)[Si](C)(C)OC/C=C1\C[Si]1(C(C)(C)C)C(C)(C)C. The van der Waals surface area contributed by atoms with Crippen LogP contribution in [0.25, 0.3) is 0 Å². The second kappa shape index (κ2) is 5.35. The molecule has 1 fully saturated rings. The lowest BCUT2D eigenvalue weighted by Gasteiger charge is -2.40. The van der Waals surface area contributed by atoms with Gasteiger partial charge in [0.05, 0.1) is 14.7 Å². The van der Waals surface area contributed by atoms with E-state index < -0.39 is 16.4 Å². The Morgan fingerprint density at radius 1 is 0.952 bits per heavy atom. The van der Waals surface area contributed by atoms with E-state index in [1.165, 1.54) is 6.04 Å². The second-order valence-electron chi connectivity index (χ2n) is 10.4. The lowest BCUT2D eigenvalue weighted by Crippen LogP contribution is -2.41. The Labute approximate surface area is 135 Å². The summed E-state index contributed by atoms with van der Waals surface area (Å²) in [7, 11) is -2.94. The Hall–Kier alpha value is 0.134. The number of hydrogen-bond donors (Lipinski definition) is 0. The molecule has 1 aliphatic heterocycles. The van der Waals surface area contributed by atoms with Crippen LogP contribution in [0.4, 0.5) is 0 Å². The van der Waals surface area contributed by atoms with Gasteiger partial charge in [0.2, 0.25) is 0 Å². The first-order valence-electron chi connectivity index (χ1n) is 8.40. The van der Waals surface area contributed by atoms with E-state index in [0.29, 0.717) is 15.1 Å². The van der Waals surface area contributed by atoms with Gasteiger partial charge in [-0.05, 0) is 34.3 Å². The van der Waals surface area contributed by atoms with E-state index in [4.69, 9.17) is 4.43 Å². The Balaban J connectivity index is 2.82. The van der Waals surface area contributed by atoms with E-state index in [9.17, 15) is 0 Å². The Morgan fingerprint density at radius 3 is 1.67 bits per heavy atom. The summed E-state index contributed by atoms with van der Waals surface area (Å²) in [5.41, 5.74) is 0. The molecule has 0 N–H and O–H groups in total. The van der Waals surface area contributed by atoms with Gasteiger partial charge in [-0.3, -0.25) is 0 Å². The molecule has 0 atom stereocenters. The van der Waals surface area contributed by atoms with Crippen molar-refractivity contribution in [1.29, 1.82) is 0 Å². The first kappa shape index (κ1) is 19.2. The predicted molar refractivity (Wildman–Crippen MR) is 101 cm³/mol. The number of rotatable bonds is 3. The van der Waals surface area contributed by atoms with E-state index in [1.807, 2.05) is 0 Å². The molecular weight excluding hydrogens is 288 g/mol. The molecule has 0 aromatic heterocycles. The molecule has 0 bridgehead atoms. The lowest BCUT2D eigenvalue weighted by molar-refractivity contribution is 0.328. The van der Waals surface area contributed by atoms with Crippen molar-refractivity contribution in [1.82, 2.24) is 0 Å². The van der Waals surface area contributed by atoms with Gasteiger partial charge in [0, 0.05) is 0 Å². The van der Waals surface area contributed by atoms with Gasteiger partial charge in [-0.2, -0.15) is 0 Å². The normalized spacial score (nSPS) is 21.8. The van der Waals surface area contributed by atoms with Crippen molar-refractivity contribution in [2.75, 3.05) is 6.61 Å². The summed E-state index contributed by atoms with van der Waals surface area (Å²) in [5.74, 6) is 0. The summed E-state index contributed by atoms with van der Waals surface area (Å²) < 4.78 is 6.35. The first-order chi connectivity index (χ1) is 9.06. The largest absolute Gasteiger partial charge is 0.413 e. The van der Waals surface area contributed by atoms with Crippen molar-refractivity contribution in [3.8, 4) is 0 Å². The molecule has 0 aliphatic carbocycles. The molecule has 0 spiro atoms. The monoisotopic (exact) mass is 326 g/mol. The molecule has 0 unspecified atom stereocenters. The van der Waals surface area contributed by atoms with E-state index in [2.05, 4.69) is 81.5 Å².